The molecule has 0 radical (unpaired) electrons. The summed E-state index contributed by atoms with van der Waals surface area (Å²) in [5.41, 5.74) is -0.564. The molecule has 1 saturated heterocycles. The number of amides is 1. The van der Waals surface area contributed by atoms with Gasteiger partial charge in [0.2, 0.25) is 5.91 Å². The van der Waals surface area contributed by atoms with Crippen LogP contribution >= 0.6 is 0 Å². The molecule has 1 amide bonds. The highest BCUT2D eigenvalue weighted by Crippen LogP contribution is 2.32. The molecule has 6 nitrogen and oxygen atoms in total. The molecule has 0 bridgehead atoms. The molecule has 23 heavy (non-hydrogen) atoms. The van der Waals surface area contributed by atoms with Crippen LogP contribution in [0.3, 0.4) is 0 Å². The molecule has 1 fully saturated rings. The molecule has 6 heteroatoms. The lowest BCUT2D eigenvalue weighted by Gasteiger charge is -2.41. The Labute approximate surface area is 138 Å². The third kappa shape index (κ3) is 4.78. The van der Waals surface area contributed by atoms with Crippen LogP contribution in [0.15, 0.2) is 12.2 Å². The van der Waals surface area contributed by atoms with E-state index in [1.54, 1.807) is 7.11 Å². The number of ether oxygens (including phenoxy) is 1. The summed E-state index contributed by atoms with van der Waals surface area (Å²) < 4.78 is 5.75. The fraction of sp³-hybridized carbons (Fsp3) is 0.765. The number of hydrogen-bond acceptors (Lipinski definition) is 4. The number of allylic oxidation sites excluding steroid dienone is 1. The van der Waals surface area contributed by atoms with Crippen molar-refractivity contribution in [3.8, 4) is 0 Å². The smallest absolute Gasteiger partial charge is 0.320 e. The number of nitrogens with one attached hydrogen (secondary N) is 2. The molecule has 5 atom stereocenters. The number of carbonyl (C=O) groups excluding carboxylic acids is 1. The van der Waals surface area contributed by atoms with Crippen LogP contribution in [0.1, 0.15) is 47.0 Å². The number of rotatable bonds is 8. The summed E-state index contributed by atoms with van der Waals surface area (Å²) in [5.74, 6) is -0.975. The lowest BCUT2D eigenvalue weighted by atomic mass is 9.81. The van der Waals surface area contributed by atoms with Crippen molar-refractivity contribution in [1.82, 2.24) is 10.6 Å². The first-order chi connectivity index (χ1) is 10.8. The minimum atomic E-state index is -0.863. The average Bonchev–Trinajstić information content (AvgIpc) is 2.89. The lowest BCUT2D eigenvalue weighted by Crippen LogP contribution is -2.62. The standard InChI is InChI=1S/C17H30N2O4/c1-6-8-12-10-13(16(21)22)19-14(12)15(18-11(3)20)17(4,23-5)9-7-2/h6,8,12-15,19H,7,9-10H2,1-5H3,(H,18,20)(H,21,22)/t12?,13-,14-,15-,17+/m1/s1. The highest BCUT2D eigenvalue weighted by molar-refractivity contribution is 5.75. The number of methoxy groups -OCH3 is 1. The molecule has 0 aliphatic carbocycles. The fourth-order valence-corrected chi connectivity index (χ4v) is 3.53. The Balaban J connectivity index is 3.16. The normalized spacial score (nSPS) is 28.5. The van der Waals surface area contributed by atoms with Crippen LogP contribution in [-0.2, 0) is 14.3 Å². The second-order valence-electron chi connectivity index (χ2n) is 6.45. The first-order valence-electron chi connectivity index (χ1n) is 8.23. The zero-order valence-corrected chi connectivity index (χ0v) is 14.8. The van der Waals surface area contributed by atoms with Crippen LogP contribution in [0.5, 0.6) is 0 Å². The van der Waals surface area contributed by atoms with E-state index in [2.05, 4.69) is 17.6 Å². The minimum Gasteiger partial charge on any atom is -0.480 e. The van der Waals surface area contributed by atoms with Gasteiger partial charge in [0.25, 0.3) is 0 Å². The highest BCUT2D eigenvalue weighted by Gasteiger charge is 2.47. The maximum absolute atomic E-state index is 11.7. The number of carboxylic acids is 1. The van der Waals surface area contributed by atoms with Crippen molar-refractivity contribution in [2.45, 2.75) is 70.7 Å². The number of carboxylic acid groups (broad SMARTS) is 1. The molecule has 0 aromatic carbocycles. The lowest BCUT2D eigenvalue weighted by molar-refractivity contribution is -0.139. The van der Waals surface area contributed by atoms with Crippen LogP contribution in [0.2, 0.25) is 0 Å². The molecule has 1 heterocycles. The predicted molar refractivity (Wildman–Crippen MR) is 89.2 cm³/mol. The molecule has 1 unspecified atom stereocenters. The molecule has 1 aliphatic heterocycles. The van der Waals surface area contributed by atoms with Gasteiger partial charge in [-0.3, -0.25) is 14.9 Å². The van der Waals surface area contributed by atoms with E-state index in [0.717, 1.165) is 12.8 Å². The number of hydrogen-bond donors (Lipinski definition) is 3. The molecule has 1 aliphatic rings. The molecular formula is C17H30N2O4. The van der Waals surface area contributed by atoms with Crippen molar-refractivity contribution in [1.29, 1.82) is 0 Å². The Kier molecular flexibility index (Phi) is 7.22. The van der Waals surface area contributed by atoms with Crippen molar-refractivity contribution in [2.75, 3.05) is 7.11 Å². The van der Waals surface area contributed by atoms with Gasteiger partial charge in [-0.25, -0.2) is 0 Å². The summed E-state index contributed by atoms with van der Waals surface area (Å²) in [6.07, 6.45) is 6.12. The van der Waals surface area contributed by atoms with Gasteiger partial charge in [0.05, 0.1) is 11.6 Å². The monoisotopic (exact) mass is 326 g/mol. The quantitative estimate of drug-likeness (QED) is 0.591. The molecule has 3 N–H and O–H groups in total. The van der Waals surface area contributed by atoms with Gasteiger partial charge >= 0.3 is 5.97 Å². The van der Waals surface area contributed by atoms with Gasteiger partial charge in [-0.05, 0) is 32.6 Å². The van der Waals surface area contributed by atoms with E-state index >= 15 is 0 Å². The van der Waals surface area contributed by atoms with E-state index in [4.69, 9.17) is 4.74 Å². The van der Waals surface area contributed by atoms with E-state index in [0.29, 0.717) is 6.42 Å². The first kappa shape index (κ1) is 19.6. The van der Waals surface area contributed by atoms with E-state index in [1.165, 1.54) is 6.92 Å². The predicted octanol–water partition coefficient (Wildman–Crippen LogP) is 1.70. The van der Waals surface area contributed by atoms with Crippen molar-refractivity contribution in [3.63, 3.8) is 0 Å². The van der Waals surface area contributed by atoms with Crippen molar-refractivity contribution in [2.24, 2.45) is 5.92 Å². The Hall–Kier alpha value is -1.40. The van der Waals surface area contributed by atoms with Crippen molar-refractivity contribution < 1.29 is 19.4 Å². The summed E-state index contributed by atoms with van der Waals surface area (Å²) in [6, 6.07) is -1.11. The Morgan fingerprint density at radius 1 is 1.52 bits per heavy atom. The molecule has 1 rings (SSSR count). The second kappa shape index (κ2) is 8.45. The maximum atomic E-state index is 11.7. The van der Waals surface area contributed by atoms with Gasteiger partial charge in [0.15, 0.2) is 0 Å². The van der Waals surface area contributed by atoms with Gasteiger partial charge in [-0.15, -0.1) is 0 Å². The maximum Gasteiger partial charge on any atom is 0.320 e. The van der Waals surface area contributed by atoms with Crippen molar-refractivity contribution >= 4 is 11.9 Å². The van der Waals surface area contributed by atoms with Crippen LogP contribution in [-0.4, -0.2) is 47.8 Å². The first-order valence-corrected chi connectivity index (χ1v) is 8.23. The van der Waals surface area contributed by atoms with Gasteiger partial charge < -0.3 is 15.2 Å². The van der Waals surface area contributed by atoms with E-state index < -0.39 is 17.6 Å². The topological polar surface area (TPSA) is 87.7 Å². The van der Waals surface area contributed by atoms with Gasteiger partial charge in [0, 0.05) is 20.1 Å². The summed E-state index contributed by atoms with van der Waals surface area (Å²) in [6.45, 7) is 7.43. The zero-order valence-electron chi connectivity index (χ0n) is 14.8. The van der Waals surface area contributed by atoms with Crippen LogP contribution in [0, 0.1) is 5.92 Å². The molecular weight excluding hydrogens is 296 g/mol. The largest absolute Gasteiger partial charge is 0.480 e. The number of carbonyl (C=O) groups is 2. The Morgan fingerprint density at radius 2 is 2.17 bits per heavy atom. The fourth-order valence-electron chi connectivity index (χ4n) is 3.53. The average molecular weight is 326 g/mol. The van der Waals surface area contributed by atoms with Crippen molar-refractivity contribution in [3.05, 3.63) is 12.2 Å². The molecule has 0 saturated carbocycles. The Morgan fingerprint density at radius 3 is 2.61 bits per heavy atom. The molecule has 0 spiro atoms. The molecule has 0 aromatic rings. The third-order valence-electron chi connectivity index (χ3n) is 4.69. The van der Waals surface area contributed by atoms with Crippen LogP contribution < -0.4 is 10.6 Å². The molecule has 132 valence electrons. The molecule has 0 aromatic heterocycles. The summed E-state index contributed by atoms with van der Waals surface area (Å²) in [7, 11) is 1.64. The highest BCUT2D eigenvalue weighted by atomic mass is 16.5. The van der Waals surface area contributed by atoms with E-state index in [-0.39, 0.29) is 23.9 Å². The van der Waals surface area contributed by atoms with Gasteiger partial charge in [-0.2, -0.15) is 0 Å². The van der Waals surface area contributed by atoms with Crippen LogP contribution in [0.25, 0.3) is 0 Å². The Bertz CT molecular complexity index is 452. The number of aliphatic carboxylic acids is 1. The third-order valence-corrected chi connectivity index (χ3v) is 4.69. The van der Waals surface area contributed by atoms with Crippen LogP contribution in [0.4, 0.5) is 0 Å². The summed E-state index contributed by atoms with van der Waals surface area (Å²) in [4.78, 5) is 23.1. The SMILES string of the molecule is CC=CC1C[C@H](C(=O)O)N[C@H]1[C@@H](NC(C)=O)[C@](C)(CCC)OC. The van der Waals surface area contributed by atoms with E-state index in [1.807, 2.05) is 26.0 Å². The second-order valence-corrected chi connectivity index (χ2v) is 6.45. The summed E-state index contributed by atoms with van der Waals surface area (Å²) in [5, 5.41) is 15.5. The van der Waals surface area contributed by atoms with Gasteiger partial charge in [-0.1, -0.05) is 25.5 Å². The van der Waals surface area contributed by atoms with E-state index in [9.17, 15) is 14.7 Å². The van der Waals surface area contributed by atoms with Gasteiger partial charge in [0.1, 0.15) is 6.04 Å². The minimum absolute atomic E-state index is 0.0317. The zero-order chi connectivity index (χ0) is 17.6. The summed E-state index contributed by atoms with van der Waals surface area (Å²) >= 11 is 0.